The number of nitrogens with one attached hydrogen (secondary N) is 1. The van der Waals surface area contributed by atoms with Gasteiger partial charge in [-0.05, 0) is 51.3 Å². The van der Waals surface area contributed by atoms with Crippen molar-refractivity contribution in [2.24, 2.45) is 0 Å². The Morgan fingerprint density at radius 1 is 0.818 bits per heavy atom. The molecular formula is C25H33NO6P+. The lowest BCUT2D eigenvalue weighted by molar-refractivity contribution is -0.173. The van der Waals surface area contributed by atoms with Crippen LogP contribution in [0.25, 0.3) is 0 Å². The van der Waals surface area contributed by atoms with Crippen molar-refractivity contribution in [3.05, 3.63) is 66.2 Å². The second-order valence-electron chi connectivity index (χ2n) is 9.40. The van der Waals surface area contributed by atoms with E-state index in [2.05, 4.69) is 5.32 Å². The van der Waals surface area contributed by atoms with E-state index in [9.17, 15) is 4.57 Å². The molecule has 3 aliphatic heterocycles. The SMILES string of the molecule is Cc1ccc(NC2C3OC(C)(C)OC3C(C3COC(C)(C)O3)O[P+]2=O)cc1.c1ccccc1. The maximum atomic E-state index is 13.0. The molecule has 2 aromatic rings. The molecular weight excluding hydrogens is 441 g/mol. The van der Waals surface area contributed by atoms with Gasteiger partial charge < -0.3 is 24.3 Å². The lowest BCUT2D eigenvalue weighted by atomic mass is 10.0. The number of rotatable bonds is 3. The first kappa shape index (κ1) is 24.3. The molecule has 6 atom stereocenters. The Balaban J connectivity index is 0.000000376. The van der Waals surface area contributed by atoms with E-state index in [1.807, 2.05) is 95.3 Å². The van der Waals surface area contributed by atoms with Crippen molar-refractivity contribution in [2.45, 2.75) is 76.4 Å². The number of anilines is 1. The minimum Gasteiger partial charge on any atom is -0.348 e. The smallest absolute Gasteiger partial charge is 0.348 e. The highest BCUT2D eigenvalue weighted by Gasteiger charge is 2.64. The molecule has 5 rings (SSSR count). The molecule has 6 unspecified atom stereocenters. The molecule has 0 aromatic heterocycles. The van der Waals surface area contributed by atoms with Gasteiger partial charge in [-0.2, -0.15) is 0 Å². The first-order valence-electron chi connectivity index (χ1n) is 11.3. The van der Waals surface area contributed by atoms with E-state index in [0.29, 0.717) is 6.61 Å². The van der Waals surface area contributed by atoms with Gasteiger partial charge in [-0.1, -0.05) is 54.1 Å². The molecule has 0 amide bonds. The van der Waals surface area contributed by atoms with Crippen LogP contribution >= 0.6 is 8.03 Å². The fourth-order valence-electron chi connectivity index (χ4n) is 4.18. The van der Waals surface area contributed by atoms with Gasteiger partial charge in [0.2, 0.25) is 0 Å². The molecule has 1 N–H and O–H groups in total. The average molecular weight is 475 g/mol. The number of fused-ring (bicyclic) bond motifs is 1. The van der Waals surface area contributed by atoms with Gasteiger partial charge in [-0.15, -0.1) is 4.52 Å². The largest absolute Gasteiger partial charge is 0.536 e. The van der Waals surface area contributed by atoms with Crippen molar-refractivity contribution in [2.75, 3.05) is 11.9 Å². The van der Waals surface area contributed by atoms with Crippen LogP contribution in [0.1, 0.15) is 33.3 Å². The van der Waals surface area contributed by atoms with Crippen molar-refractivity contribution in [3.8, 4) is 0 Å². The molecule has 3 aliphatic rings. The summed E-state index contributed by atoms with van der Waals surface area (Å²) in [6.07, 6.45) is -1.70. The molecule has 7 nitrogen and oxygen atoms in total. The van der Waals surface area contributed by atoms with Gasteiger partial charge in [0.1, 0.15) is 12.2 Å². The van der Waals surface area contributed by atoms with Gasteiger partial charge in [0, 0.05) is 5.69 Å². The van der Waals surface area contributed by atoms with Crippen molar-refractivity contribution in [1.82, 2.24) is 0 Å². The molecule has 8 heteroatoms. The summed E-state index contributed by atoms with van der Waals surface area (Å²) in [6.45, 7) is 9.80. The molecule has 0 aliphatic carbocycles. The summed E-state index contributed by atoms with van der Waals surface area (Å²) in [5.41, 5.74) is 2.02. The zero-order valence-corrected chi connectivity index (χ0v) is 20.7. The summed E-state index contributed by atoms with van der Waals surface area (Å²) >= 11 is 0. The van der Waals surface area contributed by atoms with Gasteiger partial charge >= 0.3 is 8.03 Å². The van der Waals surface area contributed by atoms with Crippen LogP contribution in [0.2, 0.25) is 0 Å². The van der Waals surface area contributed by atoms with E-state index in [0.717, 1.165) is 11.3 Å². The fourth-order valence-corrected chi connectivity index (χ4v) is 5.53. The zero-order chi connectivity index (χ0) is 23.6. The van der Waals surface area contributed by atoms with Gasteiger partial charge in [0.05, 0.1) is 6.61 Å². The van der Waals surface area contributed by atoms with E-state index >= 15 is 0 Å². The Morgan fingerprint density at radius 3 is 1.94 bits per heavy atom. The topological polar surface area (TPSA) is 75.2 Å². The van der Waals surface area contributed by atoms with Gasteiger partial charge in [-0.25, -0.2) is 0 Å². The molecule has 3 fully saturated rings. The van der Waals surface area contributed by atoms with Crippen LogP contribution in [-0.2, 0) is 28.0 Å². The third-order valence-corrected chi connectivity index (χ3v) is 7.01. The first-order valence-corrected chi connectivity index (χ1v) is 12.5. The Morgan fingerprint density at radius 2 is 1.39 bits per heavy atom. The normalized spacial score (nSPS) is 33.0. The molecule has 0 radical (unpaired) electrons. The second-order valence-corrected chi connectivity index (χ2v) is 10.7. The number of benzene rings is 2. The Kier molecular flexibility index (Phi) is 7.20. The molecule has 2 aromatic carbocycles. The highest BCUT2D eigenvalue weighted by molar-refractivity contribution is 7.40. The third kappa shape index (κ3) is 5.99. The molecule has 3 heterocycles. The van der Waals surface area contributed by atoms with Crippen LogP contribution in [0.3, 0.4) is 0 Å². The van der Waals surface area contributed by atoms with Gasteiger partial charge in [0.25, 0.3) is 5.78 Å². The minimum atomic E-state index is -2.05. The predicted molar refractivity (Wildman–Crippen MR) is 126 cm³/mol. The lowest BCUT2D eigenvalue weighted by Crippen LogP contribution is -2.53. The molecule has 0 spiro atoms. The maximum absolute atomic E-state index is 13.0. The van der Waals surface area contributed by atoms with E-state index in [4.69, 9.17) is 23.5 Å². The highest BCUT2D eigenvalue weighted by Crippen LogP contribution is 2.50. The van der Waals surface area contributed by atoms with Crippen molar-refractivity contribution in [1.29, 1.82) is 0 Å². The number of ether oxygens (including phenoxy) is 4. The Bertz CT molecular complexity index is 909. The number of aryl methyl sites for hydroxylation is 1. The predicted octanol–water partition coefficient (Wildman–Crippen LogP) is 5.23. The summed E-state index contributed by atoms with van der Waals surface area (Å²) in [5, 5.41) is 3.31. The van der Waals surface area contributed by atoms with Crippen molar-refractivity contribution in [3.63, 3.8) is 0 Å². The van der Waals surface area contributed by atoms with E-state index in [-0.39, 0.29) is 6.10 Å². The van der Waals surface area contributed by atoms with Crippen LogP contribution in [-0.4, -0.2) is 48.4 Å². The molecule has 178 valence electrons. The maximum Gasteiger partial charge on any atom is 0.536 e. The Hall–Kier alpha value is -1.86. The molecule has 33 heavy (non-hydrogen) atoms. The van der Waals surface area contributed by atoms with Crippen LogP contribution in [0.5, 0.6) is 0 Å². The summed E-state index contributed by atoms with van der Waals surface area (Å²) < 4.78 is 42.8. The zero-order valence-electron chi connectivity index (χ0n) is 19.8. The average Bonchev–Trinajstić information content (AvgIpc) is 3.31. The lowest BCUT2D eigenvalue weighted by Gasteiger charge is -2.31. The van der Waals surface area contributed by atoms with Crippen LogP contribution < -0.4 is 5.32 Å². The highest BCUT2D eigenvalue weighted by atomic mass is 31.1. The molecule has 0 saturated carbocycles. The second kappa shape index (κ2) is 9.79. The standard InChI is InChI=1S/C19H27NO6P.C6H6/c1-11-6-8-12(9-7-11)20-17-16-15(24-19(4,5)25-16)14(26-27(17)21)13-10-22-18(2,3)23-13;1-2-4-6-5-3-1/h6-9,13-17,20H,10H2,1-5H3;1-6H/q+1;. The summed E-state index contributed by atoms with van der Waals surface area (Å²) in [6, 6.07) is 19.9. The fraction of sp³-hybridized carbons (Fsp3) is 0.520. The number of hydrogen-bond acceptors (Lipinski definition) is 7. The number of hydrogen-bond donors (Lipinski definition) is 1. The van der Waals surface area contributed by atoms with Gasteiger partial charge in [0.15, 0.2) is 23.8 Å². The molecule has 3 saturated heterocycles. The van der Waals surface area contributed by atoms with Crippen molar-refractivity contribution >= 4 is 13.7 Å². The van der Waals surface area contributed by atoms with E-state index in [1.54, 1.807) is 0 Å². The van der Waals surface area contributed by atoms with Crippen LogP contribution in [0.15, 0.2) is 60.7 Å². The summed E-state index contributed by atoms with van der Waals surface area (Å²) in [4.78, 5) is 0. The van der Waals surface area contributed by atoms with E-state index < -0.39 is 43.7 Å². The van der Waals surface area contributed by atoms with Crippen LogP contribution in [0.4, 0.5) is 5.69 Å². The van der Waals surface area contributed by atoms with Crippen molar-refractivity contribution < 1.29 is 28.0 Å². The first-order chi connectivity index (χ1) is 15.6. The Labute approximate surface area is 196 Å². The molecule has 0 bridgehead atoms. The van der Waals surface area contributed by atoms with Crippen LogP contribution in [0, 0.1) is 6.92 Å². The quantitative estimate of drug-likeness (QED) is 0.611. The van der Waals surface area contributed by atoms with Gasteiger partial charge in [-0.3, -0.25) is 0 Å². The summed E-state index contributed by atoms with van der Waals surface area (Å²) in [7, 11) is -2.05. The monoisotopic (exact) mass is 474 g/mol. The summed E-state index contributed by atoms with van der Waals surface area (Å²) in [5.74, 6) is -2.00. The third-order valence-electron chi connectivity index (χ3n) is 5.68. The minimum absolute atomic E-state index is 0.357. The van der Waals surface area contributed by atoms with E-state index in [1.165, 1.54) is 0 Å².